The van der Waals surface area contributed by atoms with Gasteiger partial charge in [-0.15, -0.1) is 11.3 Å². The van der Waals surface area contributed by atoms with Gasteiger partial charge in [0.2, 0.25) is 0 Å². The molecule has 0 bridgehead atoms. The molecular formula is C11H10N4OS2. The van der Waals surface area contributed by atoms with Crippen molar-refractivity contribution in [3.8, 4) is 0 Å². The van der Waals surface area contributed by atoms with Gasteiger partial charge in [0.25, 0.3) is 5.22 Å². The largest absolute Gasteiger partial charge is 0.440 e. The summed E-state index contributed by atoms with van der Waals surface area (Å²) in [5, 5.41) is 3.51. The molecule has 2 N–H and O–H groups in total. The zero-order chi connectivity index (χ0) is 12.5. The lowest BCUT2D eigenvalue weighted by Crippen LogP contribution is -1.98. The summed E-state index contributed by atoms with van der Waals surface area (Å²) in [4.78, 5) is 13.9. The standard InChI is InChI=1S/C11H10N4OS2/c1-6-4-16-11(13-6)18-5-8-14-9(12)7-2-3-17-10(7)15-8/h2-4H,5H2,1H3,(H2,12,14,15). The van der Waals surface area contributed by atoms with E-state index < -0.39 is 0 Å². The Morgan fingerprint density at radius 2 is 2.28 bits per heavy atom. The summed E-state index contributed by atoms with van der Waals surface area (Å²) in [5.74, 6) is 1.82. The predicted octanol–water partition coefficient (Wildman–Crippen LogP) is 2.86. The maximum atomic E-state index is 5.88. The second-order valence-corrected chi connectivity index (χ2v) is 5.53. The Morgan fingerprint density at radius 1 is 1.39 bits per heavy atom. The Labute approximate surface area is 111 Å². The smallest absolute Gasteiger partial charge is 0.256 e. The van der Waals surface area contributed by atoms with E-state index in [1.807, 2.05) is 18.4 Å². The van der Waals surface area contributed by atoms with E-state index in [0.29, 0.717) is 22.6 Å². The van der Waals surface area contributed by atoms with Crippen molar-refractivity contribution < 1.29 is 4.42 Å². The molecule has 3 aromatic heterocycles. The molecule has 0 fully saturated rings. The minimum atomic E-state index is 0.528. The van der Waals surface area contributed by atoms with E-state index in [1.54, 1.807) is 17.6 Å². The summed E-state index contributed by atoms with van der Waals surface area (Å²) in [7, 11) is 0. The van der Waals surface area contributed by atoms with Crippen LogP contribution in [0, 0.1) is 6.92 Å². The molecule has 92 valence electrons. The average molecular weight is 278 g/mol. The van der Waals surface area contributed by atoms with Crippen LogP contribution in [0.1, 0.15) is 11.5 Å². The van der Waals surface area contributed by atoms with Crippen LogP contribution in [0.2, 0.25) is 0 Å². The van der Waals surface area contributed by atoms with E-state index in [4.69, 9.17) is 10.2 Å². The molecule has 18 heavy (non-hydrogen) atoms. The van der Waals surface area contributed by atoms with Crippen LogP contribution in [0.15, 0.2) is 27.3 Å². The summed E-state index contributed by atoms with van der Waals surface area (Å²) >= 11 is 3.02. The molecule has 3 rings (SSSR count). The Balaban J connectivity index is 1.82. The molecule has 0 aliphatic rings. The van der Waals surface area contributed by atoms with E-state index in [0.717, 1.165) is 15.9 Å². The van der Waals surface area contributed by atoms with Gasteiger partial charge >= 0.3 is 0 Å². The fourth-order valence-electron chi connectivity index (χ4n) is 1.51. The molecule has 5 nitrogen and oxygen atoms in total. The third-order valence-corrected chi connectivity index (χ3v) is 3.97. The Kier molecular flexibility index (Phi) is 2.92. The van der Waals surface area contributed by atoms with Crippen LogP contribution in [0.4, 0.5) is 5.82 Å². The topological polar surface area (TPSA) is 77.8 Å². The highest BCUT2D eigenvalue weighted by Crippen LogP contribution is 2.26. The van der Waals surface area contributed by atoms with Crippen LogP contribution in [0.25, 0.3) is 10.2 Å². The van der Waals surface area contributed by atoms with Crippen molar-refractivity contribution in [2.24, 2.45) is 0 Å². The molecule has 0 saturated heterocycles. The average Bonchev–Trinajstić information content (AvgIpc) is 2.95. The number of thioether (sulfide) groups is 1. The number of rotatable bonds is 3. The van der Waals surface area contributed by atoms with Crippen LogP contribution in [0.5, 0.6) is 0 Å². The van der Waals surface area contributed by atoms with E-state index in [1.165, 1.54) is 11.8 Å². The fraction of sp³-hybridized carbons (Fsp3) is 0.182. The number of aryl methyl sites for hydroxylation is 1. The normalized spacial score (nSPS) is 11.2. The SMILES string of the molecule is Cc1coc(SCc2nc(N)c3ccsc3n2)n1. The summed E-state index contributed by atoms with van der Waals surface area (Å²) in [6, 6.07) is 1.93. The molecule has 0 aromatic carbocycles. The summed E-state index contributed by atoms with van der Waals surface area (Å²) < 4.78 is 5.26. The van der Waals surface area contributed by atoms with Crippen molar-refractivity contribution in [3.05, 3.63) is 29.2 Å². The van der Waals surface area contributed by atoms with E-state index in [9.17, 15) is 0 Å². The maximum absolute atomic E-state index is 5.88. The van der Waals surface area contributed by atoms with Crippen LogP contribution in [-0.2, 0) is 5.75 Å². The minimum Gasteiger partial charge on any atom is -0.440 e. The highest BCUT2D eigenvalue weighted by Gasteiger charge is 2.08. The second-order valence-electron chi connectivity index (χ2n) is 3.71. The quantitative estimate of drug-likeness (QED) is 0.742. The molecule has 0 unspecified atom stereocenters. The van der Waals surface area contributed by atoms with Crippen molar-refractivity contribution >= 4 is 39.1 Å². The lowest BCUT2D eigenvalue weighted by Gasteiger charge is -2.00. The number of aromatic nitrogens is 3. The van der Waals surface area contributed by atoms with Crippen LogP contribution >= 0.6 is 23.1 Å². The number of nitrogens with zero attached hydrogens (tertiary/aromatic N) is 3. The molecule has 0 atom stereocenters. The van der Waals surface area contributed by atoms with Crippen molar-refractivity contribution in [3.63, 3.8) is 0 Å². The summed E-state index contributed by atoms with van der Waals surface area (Å²) in [5.41, 5.74) is 6.75. The van der Waals surface area contributed by atoms with Crippen molar-refractivity contribution in [2.75, 3.05) is 5.73 Å². The molecule has 0 saturated carbocycles. The number of nitrogen functional groups attached to an aromatic ring is 1. The van der Waals surface area contributed by atoms with Crippen LogP contribution in [0.3, 0.4) is 0 Å². The molecule has 0 aliphatic carbocycles. The predicted molar refractivity (Wildman–Crippen MR) is 72.6 cm³/mol. The number of anilines is 1. The third-order valence-electron chi connectivity index (χ3n) is 2.32. The highest BCUT2D eigenvalue weighted by atomic mass is 32.2. The number of nitrogens with two attached hydrogens (primary N) is 1. The molecule has 7 heteroatoms. The lowest BCUT2D eigenvalue weighted by molar-refractivity contribution is 0.454. The first-order valence-corrected chi connectivity index (χ1v) is 7.13. The molecule has 0 amide bonds. The first-order valence-electron chi connectivity index (χ1n) is 5.27. The van der Waals surface area contributed by atoms with Gasteiger partial charge in [-0.25, -0.2) is 15.0 Å². The summed E-state index contributed by atoms with van der Waals surface area (Å²) in [6.07, 6.45) is 1.63. The first-order chi connectivity index (χ1) is 8.72. The second kappa shape index (κ2) is 4.58. The van der Waals surface area contributed by atoms with Crippen LogP contribution < -0.4 is 5.73 Å². The van der Waals surface area contributed by atoms with Crippen molar-refractivity contribution in [1.82, 2.24) is 15.0 Å². The van der Waals surface area contributed by atoms with Gasteiger partial charge in [-0.1, -0.05) is 11.8 Å². The Morgan fingerprint density at radius 3 is 3.06 bits per heavy atom. The number of fused-ring (bicyclic) bond motifs is 1. The van der Waals surface area contributed by atoms with Gasteiger partial charge in [-0.2, -0.15) is 0 Å². The minimum absolute atomic E-state index is 0.528. The molecular weight excluding hydrogens is 268 g/mol. The van der Waals surface area contributed by atoms with Gasteiger partial charge in [-0.3, -0.25) is 0 Å². The zero-order valence-corrected chi connectivity index (χ0v) is 11.2. The number of thiophene rings is 1. The molecule has 3 aromatic rings. The molecule has 0 aliphatic heterocycles. The monoisotopic (exact) mass is 278 g/mol. The molecule has 0 radical (unpaired) electrons. The van der Waals surface area contributed by atoms with Crippen molar-refractivity contribution in [1.29, 1.82) is 0 Å². The lowest BCUT2D eigenvalue weighted by atomic mass is 10.4. The Hall–Kier alpha value is -1.60. The Bertz CT molecular complexity index is 691. The maximum Gasteiger partial charge on any atom is 0.256 e. The van der Waals surface area contributed by atoms with Gasteiger partial charge in [0.15, 0.2) is 0 Å². The first kappa shape index (κ1) is 11.5. The fourth-order valence-corrected chi connectivity index (χ4v) is 3.01. The van der Waals surface area contributed by atoms with E-state index in [-0.39, 0.29) is 0 Å². The van der Waals surface area contributed by atoms with Crippen molar-refractivity contribution in [2.45, 2.75) is 17.9 Å². The van der Waals surface area contributed by atoms with Gasteiger partial charge in [-0.05, 0) is 18.4 Å². The highest BCUT2D eigenvalue weighted by molar-refractivity contribution is 7.98. The van der Waals surface area contributed by atoms with E-state index >= 15 is 0 Å². The summed E-state index contributed by atoms with van der Waals surface area (Å²) in [6.45, 7) is 1.89. The third kappa shape index (κ3) is 2.19. The van der Waals surface area contributed by atoms with Crippen LogP contribution in [-0.4, -0.2) is 15.0 Å². The van der Waals surface area contributed by atoms with Gasteiger partial charge in [0.05, 0.1) is 16.8 Å². The van der Waals surface area contributed by atoms with E-state index in [2.05, 4.69) is 15.0 Å². The number of hydrogen-bond acceptors (Lipinski definition) is 7. The molecule has 0 spiro atoms. The number of hydrogen-bond donors (Lipinski definition) is 1. The number of oxazole rings is 1. The molecule has 3 heterocycles. The van der Waals surface area contributed by atoms with Gasteiger partial charge in [0.1, 0.15) is 22.7 Å². The zero-order valence-electron chi connectivity index (χ0n) is 9.58. The van der Waals surface area contributed by atoms with Gasteiger partial charge in [0, 0.05) is 0 Å². The van der Waals surface area contributed by atoms with Gasteiger partial charge < -0.3 is 10.2 Å².